The molecule has 1 aliphatic rings. The van der Waals surface area contributed by atoms with Gasteiger partial charge in [-0.05, 0) is 45.0 Å². The number of benzene rings is 1. The molecule has 0 aliphatic carbocycles. The Balaban J connectivity index is 1.98. The Bertz CT molecular complexity index is 539. The molecule has 1 aromatic rings. The van der Waals surface area contributed by atoms with Gasteiger partial charge in [0.15, 0.2) is 0 Å². The molecule has 3 amide bonds. The first-order valence-electron chi connectivity index (χ1n) is 7.56. The van der Waals surface area contributed by atoms with E-state index in [1.807, 2.05) is 6.07 Å². The Hall–Kier alpha value is -2.21. The first-order valence-corrected chi connectivity index (χ1v) is 7.56. The summed E-state index contributed by atoms with van der Waals surface area (Å²) >= 11 is 0. The molecular weight excluding hydrogens is 282 g/mol. The van der Waals surface area contributed by atoms with Gasteiger partial charge in [0, 0.05) is 18.2 Å². The third-order valence-electron chi connectivity index (χ3n) is 3.77. The maximum Gasteiger partial charge on any atom is 0.316 e. The van der Waals surface area contributed by atoms with Crippen molar-refractivity contribution in [3.05, 3.63) is 30.3 Å². The number of para-hydroxylation sites is 1. The Morgan fingerprint density at radius 2 is 1.82 bits per heavy atom. The predicted molar refractivity (Wildman–Crippen MR) is 83.2 cm³/mol. The second-order valence-electron chi connectivity index (χ2n) is 5.23. The zero-order valence-electron chi connectivity index (χ0n) is 12.7. The minimum absolute atomic E-state index is 0.204. The highest BCUT2D eigenvalue weighted by atomic mass is 16.2. The molecule has 1 aliphatic heterocycles. The van der Waals surface area contributed by atoms with Crippen molar-refractivity contribution in [3.63, 3.8) is 0 Å². The topological polar surface area (TPSA) is 78.5 Å². The van der Waals surface area contributed by atoms with Crippen molar-refractivity contribution in [2.75, 3.05) is 24.5 Å². The van der Waals surface area contributed by atoms with Gasteiger partial charge >= 0.3 is 11.8 Å². The SMILES string of the molecule is CCN(C(=O)C(=O)NC(=O)C1CCNCC1)c1ccccc1. The Morgan fingerprint density at radius 1 is 1.18 bits per heavy atom. The molecule has 0 unspecified atom stereocenters. The highest BCUT2D eigenvalue weighted by Crippen LogP contribution is 2.14. The van der Waals surface area contributed by atoms with E-state index in [0.717, 1.165) is 13.1 Å². The summed E-state index contributed by atoms with van der Waals surface area (Å²) in [6, 6.07) is 8.93. The Labute approximate surface area is 129 Å². The first-order chi connectivity index (χ1) is 10.6. The molecule has 6 heteroatoms. The molecule has 1 heterocycles. The van der Waals surface area contributed by atoms with Crippen LogP contribution in [0.2, 0.25) is 0 Å². The van der Waals surface area contributed by atoms with Gasteiger partial charge in [0.25, 0.3) is 0 Å². The fourth-order valence-corrected chi connectivity index (χ4v) is 2.53. The summed E-state index contributed by atoms with van der Waals surface area (Å²) in [5.41, 5.74) is 0.638. The average molecular weight is 303 g/mol. The molecule has 1 fully saturated rings. The molecule has 22 heavy (non-hydrogen) atoms. The highest BCUT2D eigenvalue weighted by molar-refractivity contribution is 6.42. The van der Waals surface area contributed by atoms with Gasteiger partial charge in [0.1, 0.15) is 0 Å². The fourth-order valence-electron chi connectivity index (χ4n) is 2.53. The summed E-state index contributed by atoms with van der Waals surface area (Å²) < 4.78 is 0. The standard InChI is InChI=1S/C16H21N3O3/c1-2-19(13-6-4-3-5-7-13)16(22)15(21)18-14(20)12-8-10-17-11-9-12/h3-7,12,17H,2,8-11H2,1H3,(H,18,20,21). The summed E-state index contributed by atoms with van der Waals surface area (Å²) in [4.78, 5) is 37.7. The number of anilines is 1. The lowest BCUT2D eigenvalue weighted by Gasteiger charge is -2.23. The number of rotatable bonds is 3. The largest absolute Gasteiger partial charge is 0.317 e. The molecule has 0 bridgehead atoms. The molecular formula is C16H21N3O3. The van der Waals surface area contributed by atoms with Crippen molar-refractivity contribution in [2.24, 2.45) is 5.92 Å². The lowest BCUT2D eigenvalue weighted by atomic mass is 9.97. The Kier molecular flexibility index (Phi) is 5.66. The van der Waals surface area contributed by atoms with Crippen LogP contribution in [0, 0.1) is 5.92 Å². The third kappa shape index (κ3) is 3.92. The van der Waals surface area contributed by atoms with Gasteiger partial charge in [-0.25, -0.2) is 0 Å². The van der Waals surface area contributed by atoms with Crippen molar-refractivity contribution >= 4 is 23.4 Å². The summed E-state index contributed by atoms with van der Waals surface area (Å²) in [6.45, 7) is 3.65. The minimum atomic E-state index is -0.866. The number of imide groups is 1. The number of nitrogens with zero attached hydrogens (tertiary/aromatic N) is 1. The van der Waals surface area contributed by atoms with Crippen LogP contribution in [0.5, 0.6) is 0 Å². The van der Waals surface area contributed by atoms with Crippen LogP contribution >= 0.6 is 0 Å². The lowest BCUT2D eigenvalue weighted by Crippen LogP contribution is -2.48. The second-order valence-corrected chi connectivity index (χ2v) is 5.23. The molecule has 2 N–H and O–H groups in total. The quantitative estimate of drug-likeness (QED) is 0.805. The molecule has 0 radical (unpaired) electrons. The summed E-state index contributed by atoms with van der Waals surface area (Å²) in [7, 11) is 0. The molecule has 1 aromatic carbocycles. The van der Waals surface area contributed by atoms with E-state index in [4.69, 9.17) is 0 Å². The number of amides is 3. The Morgan fingerprint density at radius 3 is 2.41 bits per heavy atom. The summed E-state index contributed by atoms with van der Waals surface area (Å²) in [6.07, 6.45) is 1.37. The maximum absolute atomic E-state index is 12.2. The van der Waals surface area contributed by atoms with Gasteiger partial charge in [0.2, 0.25) is 5.91 Å². The van der Waals surface area contributed by atoms with Crippen LogP contribution in [0.3, 0.4) is 0 Å². The van der Waals surface area contributed by atoms with Crippen LogP contribution in [0.15, 0.2) is 30.3 Å². The van der Waals surface area contributed by atoms with Crippen molar-refractivity contribution in [3.8, 4) is 0 Å². The molecule has 0 atom stereocenters. The van der Waals surface area contributed by atoms with Crippen LogP contribution in [0.1, 0.15) is 19.8 Å². The van der Waals surface area contributed by atoms with E-state index >= 15 is 0 Å². The van der Waals surface area contributed by atoms with E-state index in [0.29, 0.717) is 25.1 Å². The van der Waals surface area contributed by atoms with E-state index in [2.05, 4.69) is 10.6 Å². The van der Waals surface area contributed by atoms with Gasteiger partial charge in [-0.3, -0.25) is 19.7 Å². The zero-order valence-corrected chi connectivity index (χ0v) is 12.7. The normalized spacial score (nSPS) is 15.1. The van der Waals surface area contributed by atoms with E-state index in [1.165, 1.54) is 4.90 Å². The van der Waals surface area contributed by atoms with Gasteiger partial charge in [-0.1, -0.05) is 18.2 Å². The predicted octanol–water partition coefficient (Wildman–Crippen LogP) is 0.682. The molecule has 6 nitrogen and oxygen atoms in total. The van der Waals surface area contributed by atoms with Crippen molar-refractivity contribution in [1.82, 2.24) is 10.6 Å². The molecule has 0 aromatic heterocycles. The maximum atomic E-state index is 12.2. The number of nitrogens with one attached hydrogen (secondary N) is 2. The fraction of sp³-hybridized carbons (Fsp3) is 0.438. The molecule has 0 saturated carbocycles. The van der Waals surface area contributed by atoms with E-state index in [9.17, 15) is 14.4 Å². The van der Waals surface area contributed by atoms with Crippen LogP contribution < -0.4 is 15.5 Å². The minimum Gasteiger partial charge on any atom is -0.317 e. The number of hydrogen-bond acceptors (Lipinski definition) is 4. The number of hydrogen-bond donors (Lipinski definition) is 2. The monoisotopic (exact) mass is 303 g/mol. The second kappa shape index (κ2) is 7.70. The lowest BCUT2D eigenvalue weighted by molar-refractivity contribution is -0.142. The smallest absolute Gasteiger partial charge is 0.316 e. The van der Waals surface area contributed by atoms with Crippen molar-refractivity contribution < 1.29 is 14.4 Å². The van der Waals surface area contributed by atoms with Crippen LogP contribution in [0.25, 0.3) is 0 Å². The summed E-state index contributed by atoms with van der Waals surface area (Å²) in [5.74, 6) is -2.14. The third-order valence-corrected chi connectivity index (χ3v) is 3.77. The average Bonchev–Trinajstić information content (AvgIpc) is 2.57. The number of likely N-dealkylation sites (N-methyl/N-ethyl adjacent to an activating group) is 1. The van der Waals surface area contributed by atoms with E-state index in [-0.39, 0.29) is 11.8 Å². The van der Waals surface area contributed by atoms with Crippen LogP contribution in [-0.2, 0) is 14.4 Å². The zero-order chi connectivity index (χ0) is 15.9. The van der Waals surface area contributed by atoms with Gasteiger partial charge in [-0.2, -0.15) is 0 Å². The number of piperidine rings is 1. The molecule has 0 spiro atoms. The highest BCUT2D eigenvalue weighted by Gasteiger charge is 2.27. The van der Waals surface area contributed by atoms with E-state index < -0.39 is 11.8 Å². The van der Waals surface area contributed by atoms with Crippen molar-refractivity contribution in [1.29, 1.82) is 0 Å². The first kappa shape index (κ1) is 16.2. The van der Waals surface area contributed by atoms with Gasteiger partial charge in [0.05, 0.1) is 0 Å². The van der Waals surface area contributed by atoms with Crippen molar-refractivity contribution in [2.45, 2.75) is 19.8 Å². The number of carbonyl (C=O) groups is 3. The molecule has 118 valence electrons. The molecule has 1 saturated heterocycles. The molecule has 2 rings (SSSR count). The summed E-state index contributed by atoms with van der Waals surface area (Å²) in [5, 5.41) is 5.39. The van der Waals surface area contributed by atoms with Gasteiger partial charge in [-0.15, -0.1) is 0 Å². The van der Waals surface area contributed by atoms with Crippen LogP contribution in [0.4, 0.5) is 5.69 Å². The number of carbonyl (C=O) groups excluding carboxylic acids is 3. The van der Waals surface area contributed by atoms with Crippen LogP contribution in [-0.4, -0.2) is 37.4 Å². The van der Waals surface area contributed by atoms with Gasteiger partial charge < -0.3 is 10.2 Å². The van der Waals surface area contributed by atoms with E-state index in [1.54, 1.807) is 31.2 Å².